The highest BCUT2D eigenvalue weighted by atomic mass is 16.5. The van der Waals surface area contributed by atoms with Crippen LogP contribution in [0.2, 0.25) is 0 Å². The number of aromatic nitrogens is 2. The number of para-hydroxylation sites is 2. The van der Waals surface area contributed by atoms with Crippen LogP contribution in [0.4, 0.5) is 5.69 Å². The van der Waals surface area contributed by atoms with Crippen LogP contribution in [0.15, 0.2) is 85.1 Å². The number of anilines is 1. The summed E-state index contributed by atoms with van der Waals surface area (Å²) in [7, 11) is 3.22. The van der Waals surface area contributed by atoms with Gasteiger partial charge in [-0.3, -0.25) is 4.79 Å². The molecule has 0 bridgehead atoms. The van der Waals surface area contributed by atoms with Crippen molar-refractivity contribution in [2.45, 2.75) is 6.42 Å². The second-order valence-corrected chi connectivity index (χ2v) is 7.98. The number of rotatable bonds is 6. The largest absolute Gasteiger partial charge is 0.493 e. The van der Waals surface area contributed by atoms with Crippen LogP contribution in [-0.4, -0.2) is 36.5 Å². The molecule has 0 saturated carbocycles. The summed E-state index contributed by atoms with van der Waals surface area (Å²) < 4.78 is 12.7. The van der Waals surface area contributed by atoms with Gasteiger partial charge in [-0.15, -0.1) is 0 Å². The molecule has 0 aliphatic carbocycles. The van der Waals surface area contributed by atoms with Crippen molar-refractivity contribution in [1.82, 2.24) is 9.78 Å². The third-order valence-corrected chi connectivity index (χ3v) is 5.98. The summed E-state index contributed by atoms with van der Waals surface area (Å²) in [5.41, 5.74) is 5.56. The fourth-order valence-electron chi connectivity index (χ4n) is 4.25. The van der Waals surface area contributed by atoms with Gasteiger partial charge in [0.1, 0.15) is 5.69 Å². The summed E-state index contributed by atoms with van der Waals surface area (Å²) in [6.07, 6.45) is 6.27. The van der Waals surface area contributed by atoms with Gasteiger partial charge in [0, 0.05) is 35.6 Å². The average Bonchev–Trinajstić information content (AvgIpc) is 3.52. The van der Waals surface area contributed by atoms with Crippen molar-refractivity contribution in [3.63, 3.8) is 0 Å². The zero-order chi connectivity index (χ0) is 23.5. The molecule has 5 rings (SSSR count). The standard InChI is InChI=1S/C28H25N3O3/c1-33-25-14-12-21(18-26(25)34-2)28-22(19-31(29-28)23-9-4-3-5-10-23)13-15-27(32)30-17-16-20-8-6-7-11-24(20)30/h3-15,18-19H,16-17H2,1-2H3/b15-13+. The van der Waals surface area contributed by atoms with Crippen LogP contribution >= 0.6 is 0 Å². The number of hydrogen-bond acceptors (Lipinski definition) is 4. The summed E-state index contributed by atoms with van der Waals surface area (Å²) in [5.74, 6) is 1.22. The van der Waals surface area contributed by atoms with Crippen LogP contribution in [0.25, 0.3) is 23.0 Å². The quantitative estimate of drug-likeness (QED) is 0.380. The van der Waals surface area contributed by atoms with Gasteiger partial charge in [-0.1, -0.05) is 36.4 Å². The zero-order valence-corrected chi connectivity index (χ0v) is 19.1. The molecule has 4 aromatic rings. The Kier molecular flexibility index (Phi) is 5.87. The first-order valence-corrected chi connectivity index (χ1v) is 11.1. The molecule has 0 radical (unpaired) electrons. The molecule has 6 nitrogen and oxygen atoms in total. The van der Waals surface area contributed by atoms with Gasteiger partial charge >= 0.3 is 0 Å². The van der Waals surface area contributed by atoms with E-state index in [0.29, 0.717) is 18.0 Å². The van der Waals surface area contributed by atoms with Gasteiger partial charge in [0.05, 0.1) is 19.9 Å². The van der Waals surface area contributed by atoms with E-state index in [1.54, 1.807) is 20.3 Å². The van der Waals surface area contributed by atoms with E-state index in [4.69, 9.17) is 14.6 Å². The smallest absolute Gasteiger partial charge is 0.251 e. The molecule has 6 heteroatoms. The van der Waals surface area contributed by atoms with Gasteiger partial charge < -0.3 is 14.4 Å². The minimum atomic E-state index is -0.0457. The van der Waals surface area contributed by atoms with E-state index in [0.717, 1.165) is 34.6 Å². The van der Waals surface area contributed by atoms with Crippen LogP contribution < -0.4 is 14.4 Å². The normalized spacial score (nSPS) is 12.7. The van der Waals surface area contributed by atoms with E-state index in [1.165, 1.54) is 5.56 Å². The van der Waals surface area contributed by atoms with Crippen LogP contribution in [0.5, 0.6) is 11.5 Å². The topological polar surface area (TPSA) is 56.6 Å². The second-order valence-electron chi connectivity index (χ2n) is 7.98. The first-order chi connectivity index (χ1) is 16.7. The summed E-state index contributed by atoms with van der Waals surface area (Å²) in [5, 5.41) is 4.84. The first kappa shape index (κ1) is 21.5. The Balaban J connectivity index is 1.52. The SMILES string of the molecule is COc1ccc(-c2nn(-c3ccccc3)cc2/C=C/C(=O)N2CCc3ccccc32)cc1OC. The fourth-order valence-corrected chi connectivity index (χ4v) is 4.25. The van der Waals surface area contributed by atoms with Gasteiger partial charge in [-0.2, -0.15) is 5.10 Å². The van der Waals surface area contributed by atoms with Crippen molar-refractivity contribution in [1.29, 1.82) is 0 Å². The molecule has 2 heterocycles. The Labute approximate surface area is 198 Å². The maximum atomic E-state index is 13.1. The summed E-state index contributed by atoms with van der Waals surface area (Å²) in [6.45, 7) is 0.689. The highest BCUT2D eigenvalue weighted by Crippen LogP contribution is 2.34. The number of fused-ring (bicyclic) bond motifs is 1. The van der Waals surface area contributed by atoms with E-state index in [-0.39, 0.29) is 5.91 Å². The molecule has 3 aromatic carbocycles. The number of carbonyl (C=O) groups is 1. The molecule has 0 saturated heterocycles. The third-order valence-electron chi connectivity index (χ3n) is 5.98. The van der Waals surface area contributed by atoms with Gasteiger partial charge in [0.2, 0.25) is 0 Å². The molecular formula is C28H25N3O3. The number of benzene rings is 3. The van der Waals surface area contributed by atoms with Crippen molar-refractivity contribution >= 4 is 17.7 Å². The number of hydrogen-bond donors (Lipinski definition) is 0. The zero-order valence-electron chi connectivity index (χ0n) is 19.1. The molecular weight excluding hydrogens is 426 g/mol. The molecule has 0 atom stereocenters. The van der Waals surface area contributed by atoms with Crippen LogP contribution in [0.3, 0.4) is 0 Å². The summed E-state index contributed by atoms with van der Waals surface area (Å²) >= 11 is 0. The number of carbonyl (C=O) groups excluding carboxylic acids is 1. The maximum absolute atomic E-state index is 13.1. The Morgan fingerprint density at radius 3 is 2.50 bits per heavy atom. The lowest BCUT2D eigenvalue weighted by Crippen LogP contribution is -2.26. The highest BCUT2D eigenvalue weighted by Gasteiger charge is 2.22. The minimum Gasteiger partial charge on any atom is -0.493 e. The fraction of sp³-hybridized carbons (Fsp3) is 0.143. The Hall–Kier alpha value is -4.32. The van der Waals surface area contributed by atoms with Gasteiger partial charge in [0.15, 0.2) is 11.5 Å². The molecule has 0 unspecified atom stereocenters. The predicted molar refractivity (Wildman–Crippen MR) is 134 cm³/mol. The average molecular weight is 452 g/mol. The van der Waals surface area contributed by atoms with Gasteiger partial charge in [-0.05, 0) is 54.5 Å². The lowest BCUT2D eigenvalue weighted by molar-refractivity contribution is -0.114. The van der Waals surface area contributed by atoms with Crippen molar-refractivity contribution in [2.75, 3.05) is 25.7 Å². The van der Waals surface area contributed by atoms with Crippen molar-refractivity contribution in [3.8, 4) is 28.4 Å². The third kappa shape index (κ3) is 4.06. The molecule has 1 amide bonds. The van der Waals surface area contributed by atoms with Crippen LogP contribution in [0.1, 0.15) is 11.1 Å². The Morgan fingerprint density at radius 2 is 1.71 bits per heavy atom. The monoisotopic (exact) mass is 451 g/mol. The van der Waals surface area contributed by atoms with E-state index in [1.807, 2.05) is 88.6 Å². The lowest BCUT2D eigenvalue weighted by atomic mass is 10.1. The molecule has 170 valence electrons. The van der Waals surface area contributed by atoms with Crippen molar-refractivity contribution in [3.05, 3.63) is 96.2 Å². The van der Waals surface area contributed by atoms with Crippen molar-refractivity contribution < 1.29 is 14.3 Å². The number of methoxy groups -OCH3 is 2. The molecule has 0 fully saturated rings. The summed E-state index contributed by atoms with van der Waals surface area (Å²) in [6, 6.07) is 23.6. The minimum absolute atomic E-state index is 0.0457. The van der Waals surface area contributed by atoms with E-state index >= 15 is 0 Å². The first-order valence-electron chi connectivity index (χ1n) is 11.1. The number of nitrogens with zero attached hydrogens (tertiary/aromatic N) is 3. The lowest BCUT2D eigenvalue weighted by Gasteiger charge is -2.14. The maximum Gasteiger partial charge on any atom is 0.251 e. The molecule has 0 N–H and O–H groups in total. The molecule has 1 aromatic heterocycles. The van der Waals surface area contributed by atoms with Gasteiger partial charge in [0.25, 0.3) is 5.91 Å². The van der Waals surface area contributed by atoms with E-state index in [2.05, 4.69) is 6.07 Å². The van der Waals surface area contributed by atoms with Crippen molar-refractivity contribution in [2.24, 2.45) is 0 Å². The molecule has 0 spiro atoms. The second kappa shape index (κ2) is 9.27. The predicted octanol–water partition coefficient (Wildman–Crippen LogP) is 5.16. The van der Waals surface area contributed by atoms with Crippen LogP contribution in [-0.2, 0) is 11.2 Å². The van der Waals surface area contributed by atoms with Crippen LogP contribution in [0, 0.1) is 0 Å². The molecule has 1 aliphatic rings. The number of ether oxygens (including phenoxy) is 2. The van der Waals surface area contributed by atoms with E-state index < -0.39 is 0 Å². The number of amides is 1. The highest BCUT2D eigenvalue weighted by molar-refractivity contribution is 6.05. The van der Waals surface area contributed by atoms with Gasteiger partial charge in [-0.25, -0.2) is 4.68 Å². The summed E-state index contributed by atoms with van der Waals surface area (Å²) in [4.78, 5) is 14.9. The Morgan fingerprint density at radius 1 is 0.941 bits per heavy atom. The Bertz CT molecular complexity index is 1360. The molecule has 34 heavy (non-hydrogen) atoms. The van der Waals surface area contributed by atoms with E-state index in [9.17, 15) is 4.79 Å². The molecule has 1 aliphatic heterocycles.